The lowest BCUT2D eigenvalue weighted by Crippen LogP contribution is -2.14. The molecule has 1 aromatic rings. The van der Waals surface area contributed by atoms with Gasteiger partial charge in [0.05, 0.1) is 12.6 Å². The summed E-state index contributed by atoms with van der Waals surface area (Å²) in [4.78, 5) is 0. The average molecular weight is 177 g/mol. The van der Waals surface area contributed by atoms with Crippen LogP contribution < -0.4 is 5.73 Å². The van der Waals surface area contributed by atoms with Crippen LogP contribution in [0.4, 0.5) is 0 Å². The maximum Gasteiger partial charge on any atom is 0.0624 e. The highest BCUT2D eigenvalue weighted by Gasteiger charge is 2.12. The Morgan fingerprint density at radius 3 is 2.85 bits per heavy atom. The van der Waals surface area contributed by atoms with Crippen molar-refractivity contribution < 1.29 is 5.11 Å². The molecule has 0 spiro atoms. The molecule has 1 aliphatic rings. The fourth-order valence-electron chi connectivity index (χ4n) is 1.93. The van der Waals surface area contributed by atoms with E-state index >= 15 is 0 Å². The van der Waals surface area contributed by atoms with E-state index in [0.717, 1.165) is 5.56 Å². The van der Waals surface area contributed by atoms with Crippen molar-refractivity contribution in [1.29, 1.82) is 0 Å². The van der Waals surface area contributed by atoms with Crippen LogP contribution in [0, 0.1) is 0 Å². The van der Waals surface area contributed by atoms with E-state index in [1.807, 2.05) is 6.07 Å². The highest BCUT2D eigenvalue weighted by atomic mass is 16.3. The van der Waals surface area contributed by atoms with Gasteiger partial charge in [-0.2, -0.15) is 0 Å². The van der Waals surface area contributed by atoms with E-state index in [1.54, 1.807) is 0 Å². The summed E-state index contributed by atoms with van der Waals surface area (Å²) < 4.78 is 0. The zero-order valence-electron chi connectivity index (χ0n) is 7.66. The Labute approximate surface area is 78.4 Å². The Hall–Kier alpha value is -0.860. The molecule has 0 radical (unpaired) electrons. The minimum absolute atomic E-state index is 0.0266. The first kappa shape index (κ1) is 8.73. The molecule has 0 bridgehead atoms. The van der Waals surface area contributed by atoms with Gasteiger partial charge in [0.1, 0.15) is 0 Å². The molecule has 70 valence electrons. The molecule has 3 N–H and O–H groups in total. The third kappa shape index (κ3) is 1.60. The molecular formula is C11H15NO. The van der Waals surface area contributed by atoms with Crippen LogP contribution in [0.5, 0.6) is 0 Å². The molecule has 13 heavy (non-hydrogen) atoms. The third-order valence-corrected chi connectivity index (χ3v) is 2.75. The standard InChI is InChI=1S/C11H15NO/c12-11(7-13)10-5-4-8-2-1-3-9(8)6-10/h4-6,11,13H,1-3,7,12H2. The smallest absolute Gasteiger partial charge is 0.0624 e. The minimum Gasteiger partial charge on any atom is -0.394 e. The number of hydrogen-bond donors (Lipinski definition) is 2. The van der Waals surface area contributed by atoms with Gasteiger partial charge in [0.25, 0.3) is 0 Å². The van der Waals surface area contributed by atoms with Crippen molar-refractivity contribution in [3.63, 3.8) is 0 Å². The summed E-state index contributed by atoms with van der Waals surface area (Å²) in [6.45, 7) is 0.0266. The van der Waals surface area contributed by atoms with Crippen LogP contribution in [-0.2, 0) is 12.8 Å². The van der Waals surface area contributed by atoms with Crippen molar-refractivity contribution in [2.75, 3.05) is 6.61 Å². The van der Waals surface area contributed by atoms with E-state index < -0.39 is 0 Å². The van der Waals surface area contributed by atoms with Crippen molar-refractivity contribution in [3.05, 3.63) is 34.9 Å². The van der Waals surface area contributed by atoms with Crippen molar-refractivity contribution in [2.45, 2.75) is 25.3 Å². The lowest BCUT2D eigenvalue weighted by Gasteiger charge is -2.10. The second-order valence-corrected chi connectivity index (χ2v) is 3.67. The van der Waals surface area contributed by atoms with Gasteiger partial charge in [-0.3, -0.25) is 0 Å². The van der Waals surface area contributed by atoms with Gasteiger partial charge in [-0.15, -0.1) is 0 Å². The third-order valence-electron chi connectivity index (χ3n) is 2.75. The number of aryl methyl sites for hydroxylation is 2. The molecular weight excluding hydrogens is 162 g/mol. The minimum atomic E-state index is -0.217. The van der Waals surface area contributed by atoms with Crippen LogP contribution in [0.25, 0.3) is 0 Å². The predicted octanol–water partition coefficient (Wildman–Crippen LogP) is 1.17. The Kier molecular flexibility index (Phi) is 2.34. The van der Waals surface area contributed by atoms with Crippen LogP contribution in [0.2, 0.25) is 0 Å². The molecule has 0 heterocycles. The molecule has 2 nitrogen and oxygen atoms in total. The second kappa shape index (κ2) is 3.48. The molecule has 1 aliphatic carbocycles. The summed E-state index contributed by atoms with van der Waals surface area (Å²) in [6.07, 6.45) is 3.62. The highest BCUT2D eigenvalue weighted by molar-refractivity contribution is 5.36. The van der Waals surface area contributed by atoms with Crippen molar-refractivity contribution in [1.82, 2.24) is 0 Å². The molecule has 0 fully saturated rings. The van der Waals surface area contributed by atoms with Crippen molar-refractivity contribution in [3.8, 4) is 0 Å². The normalized spacial score (nSPS) is 17.1. The van der Waals surface area contributed by atoms with Crippen LogP contribution in [0.3, 0.4) is 0 Å². The summed E-state index contributed by atoms with van der Waals surface area (Å²) in [6, 6.07) is 6.10. The molecule has 1 atom stereocenters. The van der Waals surface area contributed by atoms with Gasteiger partial charge in [0, 0.05) is 0 Å². The summed E-state index contributed by atoms with van der Waals surface area (Å²) in [5.74, 6) is 0. The molecule has 2 rings (SSSR count). The van der Waals surface area contributed by atoms with Crippen molar-refractivity contribution in [2.24, 2.45) is 5.73 Å². The van der Waals surface area contributed by atoms with Gasteiger partial charge < -0.3 is 10.8 Å². The van der Waals surface area contributed by atoms with Crippen LogP contribution >= 0.6 is 0 Å². The monoisotopic (exact) mass is 177 g/mol. The molecule has 0 aliphatic heterocycles. The lowest BCUT2D eigenvalue weighted by molar-refractivity contribution is 0.268. The number of benzene rings is 1. The largest absolute Gasteiger partial charge is 0.394 e. The molecule has 0 saturated heterocycles. The maximum absolute atomic E-state index is 8.91. The maximum atomic E-state index is 8.91. The van der Waals surface area contributed by atoms with Gasteiger partial charge >= 0.3 is 0 Å². The fraction of sp³-hybridized carbons (Fsp3) is 0.455. The molecule has 1 unspecified atom stereocenters. The van der Waals surface area contributed by atoms with Crippen LogP contribution in [-0.4, -0.2) is 11.7 Å². The first-order chi connectivity index (χ1) is 6.31. The average Bonchev–Trinajstić information content (AvgIpc) is 2.63. The number of nitrogens with two attached hydrogens (primary N) is 1. The van der Waals surface area contributed by atoms with Crippen LogP contribution in [0.15, 0.2) is 18.2 Å². The number of aliphatic hydroxyl groups excluding tert-OH is 1. The number of hydrogen-bond acceptors (Lipinski definition) is 2. The van der Waals surface area contributed by atoms with Crippen molar-refractivity contribution >= 4 is 0 Å². The molecule has 2 heteroatoms. The van der Waals surface area contributed by atoms with E-state index in [4.69, 9.17) is 10.8 Å². The van der Waals surface area contributed by atoms with E-state index in [1.165, 1.54) is 30.4 Å². The summed E-state index contributed by atoms with van der Waals surface area (Å²) in [5, 5.41) is 8.91. The lowest BCUT2D eigenvalue weighted by atomic mass is 10.0. The number of aliphatic hydroxyl groups is 1. The Morgan fingerprint density at radius 2 is 2.08 bits per heavy atom. The van der Waals surface area contributed by atoms with Gasteiger partial charge in [-0.25, -0.2) is 0 Å². The quantitative estimate of drug-likeness (QED) is 0.712. The zero-order valence-corrected chi connectivity index (χ0v) is 7.66. The zero-order chi connectivity index (χ0) is 9.26. The second-order valence-electron chi connectivity index (χ2n) is 3.67. The summed E-state index contributed by atoms with van der Waals surface area (Å²) in [7, 11) is 0. The van der Waals surface area contributed by atoms with Gasteiger partial charge in [-0.1, -0.05) is 18.2 Å². The first-order valence-corrected chi connectivity index (χ1v) is 4.79. The van der Waals surface area contributed by atoms with Gasteiger partial charge in [-0.05, 0) is 36.0 Å². The van der Waals surface area contributed by atoms with E-state index in [0.29, 0.717) is 0 Å². The SMILES string of the molecule is NC(CO)c1ccc2c(c1)CCC2. The fourth-order valence-corrected chi connectivity index (χ4v) is 1.93. The molecule has 0 amide bonds. The van der Waals surface area contributed by atoms with Gasteiger partial charge in [0.15, 0.2) is 0 Å². The number of fused-ring (bicyclic) bond motifs is 1. The Morgan fingerprint density at radius 1 is 1.31 bits per heavy atom. The molecule has 1 aromatic carbocycles. The molecule has 0 saturated carbocycles. The van der Waals surface area contributed by atoms with Gasteiger partial charge in [0.2, 0.25) is 0 Å². The molecule has 0 aromatic heterocycles. The van der Waals surface area contributed by atoms with E-state index in [2.05, 4.69) is 12.1 Å². The number of rotatable bonds is 2. The summed E-state index contributed by atoms with van der Waals surface area (Å²) in [5.41, 5.74) is 9.67. The first-order valence-electron chi connectivity index (χ1n) is 4.79. The van der Waals surface area contributed by atoms with E-state index in [-0.39, 0.29) is 12.6 Å². The summed E-state index contributed by atoms with van der Waals surface area (Å²) >= 11 is 0. The Bertz CT molecular complexity index is 309. The predicted molar refractivity (Wildman–Crippen MR) is 52.5 cm³/mol. The topological polar surface area (TPSA) is 46.2 Å². The van der Waals surface area contributed by atoms with E-state index in [9.17, 15) is 0 Å². The highest BCUT2D eigenvalue weighted by Crippen LogP contribution is 2.24. The Balaban J connectivity index is 2.30. The van der Waals surface area contributed by atoms with Crippen LogP contribution in [0.1, 0.15) is 29.2 Å².